The summed E-state index contributed by atoms with van der Waals surface area (Å²) < 4.78 is 2.12. The molecule has 3 N–H and O–H groups in total. The van der Waals surface area contributed by atoms with Gasteiger partial charge in [-0.15, -0.1) is 0 Å². The van der Waals surface area contributed by atoms with E-state index in [-0.39, 0.29) is 17.5 Å². The number of fused-ring (bicyclic) bond motifs is 1. The molecular formula is C22H30N6O2. The van der Waals surface area contributed by atoms with E-state index in [1.165, 1.54) is 10.6 Å². The first-order valence-corrected chi connectivity index (χ1v) is 10.5. The number of hydrogen-bond donors (Lipinski definition) is 3. The number of urea groups is 1. The van der Waals surface area contributed by atoms with Crippen LogP contribution in [-0.4, -0.2) is 47.3 Å². The van der Waals surface area contributed by atoms with E-state index in [1.807, 2.05) is 24.3 Å². The van der Waals surface area contributed by atoms with Crippen LogP contribution in [0.1, 0.15) is 59.9 Å². The molecule has 4 rings (SSSR count). The third-order valence-corrected chi connectivity index (χ3v) is 6.01. The van der Waals surface area contributed by atoms with Gasteiger partial charge in [-0.1, -0.05) is 19.1 Å². The van der Waals surface area contributed by atoms with Crippen LogP contribution in [0.25, 0.3) is 0 Å². The number of aromatic nitrogens is 2. The van der Waals surface area contributed by atoms with Gasteiger partial charge in [0.25, 0.3) is 5.91 Å². The predicted molar refractivity (Wildman–Crippen MR) is 116 cm³/mol. The Morgan fingerprint density at radius 3 is 2.60 bits per heavy atom. The summed E-state index contributed by atoms with van der Waals surface area (Å²) >= 11 is 0. The van der Waals surface area contributed by atoms with Crippen LogP contribution in [0.4, 0.5) is 10.5 Å². The summed E-state index contributed by atoms with van der Waals surface area (Å²) in [6.07, 6.45) is 2.22. The van der Waals surface area contributed by atoms with Crippen LogP contribution in [0, 0.1) is 0 Å². The minimum atomic E-state index is -0.177. The van der Waals surface area contributed by atoms with Gasteiger partial charge in [0.05, 0.1) is 5.54 Å². The number of carbonyl (C=O) groups is 2. The molecule has 1 saturated carbocycles. The molecule has 0 radical (unpaired) electrons. The highest BCUT2D eigenvalue weighted by atomic mass is 16.2. The molecule has 8 heteroatoms. The molecule has 1 aromatic heterocycles. The number of carbonyl (C=O) groups excluding carboxylic acids is 2. The molecule has 3 amide bonds. The fourth-order valence-electron chi connectivity index (χ4n) is 3.85. The van der Waals surface area contributed by atoms with Crippen molar-refractivity contribution < 1.29 is 9.59 Å². The number of hydrogen-bond acceptors (Lipinski definition) is 4. The third-order valence-electron chi connectivity index (χ3n) is 6.01. The Balaban J connectivity index is 1.45. The van der Waals surface area contributed by atoms with Crippen LogP contribution in [0.5, 0.6) is 0 Å². The fourth-order valence-corrected chi connectivity index (χ4v) is 3.85. The van der Waals surface area contributed by atoms with Crippen molar-refractivity contribution in [2.75, 3.05) is 26.0 Å². The zero-order chi connectivity index (χ0) is 21.5. The van der Waals surface area contributed by atoms with Gasteiger partial charge in [0.1, 0.15) is 0 Å². The molecule has 1 aromatic carbocycles. The highest BCUT2D eigenvalue weighted by Gasteiger charge is 2.44. The summed E-state index contributed by atoms with van der Waals surface area (Å²) in [4.78, 5) is 26.2. The largest absolute Gasteiger partial charge is 0.347 e. The Hall–Kier alpha value is -2.87. The van der Waals surface area contributed by atoms with Gasteiger partial charge in [-0.2, -0.15) is 5.10 Å². The van der Waals surface area contributed by atoms with Crippen LogP contribution in [-0.2, 0) is 18.6 Å². The molecule has 1 unspecified atom stereocenters. The average Bonchev–Trinajstić information content (AvgIpc) is 3.33. The topological polar surface area (TPSA) is 91.3 Å². The number of anilines is 1. The lowest BCUT2D eigenvalue weighted by Crippen LogP contribution is -2.31. The lowest BCUT2D eigenvalue weighted by atomic mass is 9.97. The van der Waals surface area contributed by atoms with E-state index in [0.717, 1.165) is 30.5 Å². The maximum Gasteiger partial charge on any atom is 0.321 e. The molecule has 1 atom stereocenters. The summed E-state index contributed by atoms with van der Waals surface area (Å²) in [5.41, 5.74) is 4.50. The number of benzene rings is 1. The lowest BCUT2D eigenvalue weighted by molar-refractivity contribution is 0.0943. The molecule has 1 aliphatic carbocycles. The molecular weight excluding hydrogens is 380 g/mol. The molecule has 0 spiro atoms. The third kappa shape index (κ3) is 3.92. The summed E-state index contributed by atoms with van der Waals surface area (Å²) in [5.74, 6) is 0.195. The molecule has 160 valence electrons. The van der Waals surface area contributed by atoms with Crippen molar-refractivity contribution in [3.8, 4) is 0 Å². The van der Waals surface area contributed by atoms with Gasteiger partial charge in [0.2, 0.25) is 0 Å². The van der Waals surface area contributed by atoms with E-state index in [0.29, 0.717) is 30.4 Å². The average molecular weight is 411 g/mol. The highest BCUT2D eigenvalue weighted by molar-refractivity contribution is 5.94. The predicted octanol–water partition coefficient (Wildman–Crippen LogP) is 2.62. The Bertz CT molecular complexity index is 959. The lowest BCUT2D eigenvalue weighted by Gasteiger charge is -2.24. The minimum absolute atomic E-state index is 0.0566. The first kappa shape index (κ1) is 20.4. The first-order valence-electron chi connectivity index (χ1n) is 10.5. The standard InChI is InChI=1S/C22H30N6O2/c1-14-11-23-13-17-18(26-28(19(14)17)22(2)9-10-22)20(29)24-12-15-5-7-16(8-6-15)25-21(30)27(3)4/h5-8,14,23H,9-13H2,1-4H3,(H,24,29)(H,25,30). The molecule has 2 aromatic rings. The molecule has 0 saturated heterocycles. The summed E-state index contributed by atoms with van der Waals surface area (Å²) in [6, 6.07) is 7.28. The maximum atomic E-state index is 13.0. The second-order valence-electron chi connectivity index (χ2n) is 8.86. The van der Waals surface area contributed by atoms with E-state index >= 15 is 0 Å². The quantitative estimate of drug-likeness (QED) is 0.707. The molecule has 8 nitrogen and oxygen atoms in total. The van der Waals surface area contributed by atoms with Crippen molar-refractivity contribution in [1.29, 1.82) is 0 Å². The number of amides is 3. The van der Waals surface area contributed by atoms with Gasteiger partial charge in [-0.25, -0.2) is 4.79 Å². The maximum absolute atomic E-state index is 13.0. The van der Waals surface area contributed by atoms with Crippen LogP contribution in [0.3, 0.4) is 0 Å². The molecule has 2 aliphatic rings. The van der Waals surface area contributed by atoms with E-state index in [1.54, 1.807) is 14.1 Å². The number of nitrogens with one attached hydrogen (secondary N) is 3. The first-order chi connectivity index (χ1) is 14.3. The van der Waals surface area contributed by atoms with Crippen molar-refractivity contribution in [3.63, 3.8) is 0 Å². The normalized spacial score (nSPS) is 19.0. The Labute approximate surface area is 177 Å². The molecule has 0 bridgehead atoms. The van der Waals surface area contributed by atoms with Crippen molar-refractivity contribution in [2.24, 2.45) is 0 Å². The number of nitrogens with zero attached hydrogens (tertiary/aromatic N) is 3. The molecule has 2 heterocycles. The van der Waals surface area contributed by atoms with Crippen molar-refractivity contribution >= 4 is 17.6 Å². The van der Waals surface area contributed by atoms with E-state index < -0.39 is 0 Å². The van der Waals surface area contributed by atoms with Crippen LogP contribution in [0.15, 0.2) is 24.3 Å². The highest BCUT2D eigenvalue weighted by Crippen LogP contribution is 2.45. The van der Waals surface area contributed by atoms with Crippen LogP contribution in [0.2, 0.25) is 0 Å². The number of rotatable bonds is 5. The van der Waals surface area contributed by atoms with Gasteiger partial charge in [0, 0.05) is 56.6 Å². The van der Waals surface area contributed by atoms with Crippen molar-refractivity contribution in [2.45, 2.75) is 51.2 Å². The van der Waals surface area contributed by atoms with Gasteiger partial charge in [-0.05, 0) is 37.5 Å². The smallest absolute Gasteiger partial charge is 0.321 e. The van der Waals surface area contributed by atoms with Crippen molar-refractivity contribution in [1.82, 2.24) is 25.3 Å². The van der Waals surface area contributed by atoms with Gasteiger partial charge in [-0.3, -0.25) is 9.48 Å². The molecule has 30 heavy (non-hydrogen) atoms. The summed E-state index contributed by atoms with van der Waals surface area (Å²) in [5, 5.41) is 14.0. The van der Waals surface area contributed by atoms with Crippen LogP contribution >= 0.6 is 0 Å². The minimum Gasteiger partial charge on any atom is -0.347 e. The zero-order valence-corrected chi connectivity index (χ0v) is 18.1. The Morgan fingerprint density at radius 1 is 1.27 bits per heavy atom. The zero-order valence-electron chi connectivity index (χ0n) is 18.1. The van der Waals surface area contributed by atoms with Gasteiger partial charge >= 0.3 is 6.03 Å². The van der Waals surface area contributed by atoms with E-state index in [9.17, 15) is 9.59 Å². The second-order valence-corrected chi connectivity index (χ2v) is 8.86. The van der Waals surface area contributed by atoms with E-state index in [4.69, 9.17) is 5.10 Å². The Kier molecular flexibility index (Phi) is 5.27. The SMILES string of the molecule is CC1CNCc2c(C(=O)NCc3ccc(NC(=O)N(C)C)cc3)nn(C3(C)CC3)c21. The Morgan fingerprint density at radius 2 is 1.97 bits per heavy atom. The molecule has 1 aliphatic heterocycles. The second kappa shape index (κ2) is 7.75. The monoisotopic (exact) mass is 410 g/mol. The van der Waals surface area contributed by atoms with Crippen LogP contribution < -0.4 is 16.0 Å². The summed E-state index contributed by atoms with van der Waals surface area (Å²) in [6.45, 7) is 6.40. The molecule has 1 fully saturated rings. The van der Waals surface area contributed by atoms with E-state index in [2.05, 4.69) is 34.5 Å². The fraction of sp³-hybridized carbons (Fsp3) is 0.500. The summed E-state index contributed by atoms with van der Waals surface area (Å²) in [7, 11) is 3.39. The van der Waals surface area contributed by atoms with Gasteiger partial charge in [0.15, 0.2) is 5.69 Å². The van der Waals surface area contributed by atoms with Gasteiger partial charge < -0.3 is 20.9 Å². The van der Waals surface area contributed by atoms with Crippen molar-refractivity contribution in [3.05, 3.63) is 46.8 Å².